The van der Waals surface area contributed by atoms with Crippen LogP contribution in [0, 0.1) is 0 Å². The van der Waals surface area contributed by atoms with Crippen molar-refractivity contribution in [2.75, 3.05) is 46.1 Å². The summed E-state index contributed by atoms with van der Waals surface area (Å²) in [6.45, 7) is 11.9. The van der Waals surface area contributed by atoms with Crippen LogP contribution in [-0.4, -0.2) is 57.0 Å². The molecule has 0 spiro atoms. The Balaban J connectivity index is 3.63. The molecule has 0 aliphatic carbocycles. The monoisotopic (exact) mass is 218 g/mol. The fourth-order valence-corrected chi connectivity index (χ4v) is 1.38. The Labute approximate surface area is 93.7 Å². The molecule has 92 valence electrons. The van der Waals surface area contributed by atoms with Crippen molar-refractivity contribution < 1.29 is 9.47 Å². The Kier molecular flexibility index (Phi) is 10.3. The van der Waals surface area contributed by atoms with Gasteiger partial charge in [-0.3, -0.25) is 4.90 Å². The lowest BCUT2D eigenvalue weighted by atomic mass is 10.3. The van der Waals surface area contributed by atoms with Crippen molar-refractivity contribution in [3.63, 3.8) is 0 Å². The smallest absolute Gasteiger partial charge is 0.0593 e. The number of rotatable bonds is 10. The third kappa shape index (κ3) is 10.1. The summed E-state index contributed by atoms with van der Waals surface area (Å²) in [6, 6.07) is 0.202. The molecule has 0 aromatic carbocycles. The molecule has 0 amide bonds. The molecule has 0 aliphatic heterocycles. The van der Waals surface area contributed by atoms with Gasteiger partial charge in [0.25, 0.3) is 0 Å². The largest absolute Gasteiger partial charge is 0.380 e. The maximum absolute atomic E-state index is 5.78. The first-order valence-electron chi connectivity index (χ1n) is 5.84. The summed E-state index contributed by atoms with van der Waals surface area (Å²) in [5, 5.41) is 0. The van der Waals surface area contributed by atoms with Gasteiger partial charge in [-0.15, -0.1) is 0 Å². The number of ether oxygens (including phenoxy) is 2. The minimum Gasteiger partial charge on any atom is -0.380 e. The molecule has 0 saturated heterocycles. The number of hydrogen-bond donors (Lipinski definition) is 1. The van der Waals surface area contributed by atoms with E-state index in [2.05, 4.69) is 4.90 Å². The first kappa shape index (κ1) is 14.8. The van der Waals surface area contributed by atoms with Crippen LogP contribution in [-0.2, 0) is 9.47 Å². The predicted molar refractivity (Wildman–Crippen MR) is 63.1 cm³/mol. The maximum Gasteiger partial charge on any atom is 0.0593 e. The lowest BCUT2D eigenvalue weighted by Crippen LogP contribution is -2.39. The van der Waals surface area contributed by atoms with Crippen molar-refractivity contribution in [2.24, 2.45) is 5.73 Å². The van der Waals surface area contributed by atoms with Gasteiger partial charge in [0.1, 0.15) is 0 Å². The molecular formula is C11H26N2O2. The molecule has 0 saturated carbocycles. The molecule has 0 aromatic rings. The average molecular weight is 218 g/mol. The van der Waals surface area contributed by atoms with Crippen molar-refractivity contribution in [2.45, 2.75) is 26.8 Å². The minimum atomic E-state index is 0.202. The molecule has 4 heteroatoms. The van der Waals surface area contributed by atoms with Crippen LogP contribution in [0.25, 0.3) is 0 Å². The van der Waals surface area contributed by atoms with E-state index in [0.29, 0.717) is 0 Å². The number of nitrogens with two attached hydrogens (primary N) is 1. The van der Waals surface area contributed by atoms with Gasteiger partial charge in [0.05, 0.1) is 13.2 Å². The zero-order valence-corrected chi connectivity index (χ0v) is 10.4. The van der Waals surface area contributed by atoms with E-state index in [0.717, 1.165) is 46.1 Å². The fraction of sp³-hybridized carbons (Fsp3) is 1.00. The van der Waals surface area contributed by atoms with E-state index >= 15 is 0 Å². The summed E-state index contributed by atoms with van der Waals surface area (Å²) >= 11 is 0. The molecule has 1 unspecified atom stereocenters. The van der Waals surface area contributed by atoms with Crippen molar-refractivity contribution in [3.05, 3.63) is 0 Å². The van der Waals surface area contributed by atoms with Crippen LogP contribution in [0.5, 0.6) is 0 Å². The molecule has 4 nitrogen and oxygen atoms in total. The third-order valence-electron chi connectivity index (χ3n) is 2.06. The molecular weight excluding hydrogens is 192 g/mol. The lowest BCUT2D eigenvalue weighted by molar-refractivity contribution is 0.0810. The average Bonchev–Trinajstić information content (AvgIpc) is 2.17. The second-order valence-corrected chi connectivity index (χ2v) is 3.67. The van der Waals surface area contributed by atoms with Crippen LogP contribution in [0.4, 0.5) is 0 Å². The predicted octanol–water partition coefficient (Wildman–Crippen LogP) is 0.709. The highest BCUT2D eigenvalue weighted by atomic mass is 16.5. The second-order valence-electron chi connectivity index (χ2n) is 3.67. The summed E-state index contributed by atoms with van der Waals surface area (Å²) in [5.41, 5.74) is 5.78. The Bertz CT molecular complexity index is 122. The van der Waals surface area contributed by atoms with E-state index in [4.69, 9.17) is 15.2 Å². The van der Waals surface area contributed by atoms with Gasteiger partial charge in [-0.2, -0.15) is 0 Å². The second kappa shape index (κ2) is 10.4. The normalized spacial score (nSPS) is 13.4. The van der Waals surface area contributed by atoms with Gasteiger partial charge in [0.15, 0.2) is 0 Å². The molecule has 0 radical (unpaired) electrons. The van der Waals surface area contributed by atoms with Gasteiger partial charge in [0, 0.05) is 38.9 Å². The van der Waals surface area contributed by atoms with Crippen molar-refractivity contribution in [1.29, 1.82) is 0 Å². The summed E-state index contributed by atoms with van der Waals surface area (Å²) in [5.74, 6) is 0. The summed E-state index contributed by atoms with van der Waals surface area (Å²) in [6.07, 6.45) is 0. The van der Waals surface area contributed by atoms with Crippen LogP contribution < -0.4 is 5.73 Å². The van der Waals surface area contributed by atoms with E-state index in [1.807, 2.05) is 20.8 Å². The van der Waals surface area contributed by atoms with Gasteiger partial charge in [-0.05, 0) is 20.8 Å². The van der Waals surface area contributed by atoms with Gasteiger partial charge in [0.2, 0.25) is 0 Å². The quantitative estimate of drug-likeness (QED) is 0.549. The Morgan fingerprint density at radius 3 is 1.87 bits per heavy atom. The van der Waals surface area contributed by atoms with Crippen molar-refractivity contribution in [3.8, 4) is 0 Å². The van der Waals surface area contributed by atoms with E-state index in [-0.39, 0.29) is 6.04 Å². The highest BCUT2D eigenvalue weighted by molar-refractivity contribution is 4.63. The van der Waals surface area contributed by atoms with Gasteiger partial charge in [-0.25, -0.2) is 0 Å². The number of nitrogens with zero attached hydrogens (tertiary/aromatic N) is 1. The van der Waals surface area contributed by atoms with E-state index < -0.39 is 0 Å². The van der Waals surface area contributed by atoms with Crippen LogP contribution in [0.15, 0.2) is 0 Å². The van der Waals surface area contributed by atoms with E-state index in [1.165, 1.54) is 0 Å². The summed E-state index contributed by atoms with van der Waals surface area (Å²) < 4.78 is 10.7. The Hall–Kier alpha value is -0.160. The molecule has 0 rings (SSSR count). The van der Waals surface area contributed by atoms with Gasteiger partial charge >= 0.3 is 0 Å². The van der Waals surface area contributed by atoms with Gasteiger partial charge in [-0.1, -0.05) is 0 Å². The van der Waals surface area contributed by atoms with Crippen molar-refractivity contribution in [1.82, 2.24) is 4.90 Å². The summed E-state index contributed by atoms with van der Waals surface area (Å²) in [4.78, 5) is 2.29. The topological polar surface area (TPSA) is 47.7 Å². The zero-order valence-electron chi connectivity index (χ0n) is 10.4. The Morgan fingerprint density at radius 1 is 1.07 bits per heavy atom. The molecule has 0 aromatic heterocycles. The molecule has 0 fully saturated rings. The molecule has 0 bridgehead atoms. The standard InChI is InChI=1S/C11H26N2O2/c1-4-14-8-6-13(10-11(3)12)7-9-15-5-2/h11H,4-10,12H2,1-3H3. The molecule has 2 N–H and O–H groups in total. The maximum atomic E-state index is 5.78. The minimum absolute atomic E-state index is 0.202. The van der Waals surface area contributed by atoms with E-state index in [9.17, 15) is 0 Å². The molecule has 0 aliphatic rings. The lowest BCUT2D eigenvalue weighted by Gasteiger charge is -2.23. The Morgan fingerprint density at radius 2 is 1.53 bits per heavy atom. The van der Waals surface area contributed by atoms with Crippen molar-refractivity contribution >= 4 is 0 Å². The highest BCUT2D eigenvalue weighted by Crippen LogP contribution is 1.92. The van der Waals surface area contributed by atoms with Gasteiger partial charge < -0.3 is 15.2 Å². The van der Waals surface area contributed by atoms with E-state index in [1.54, 1.807) is 0 Å². The summed E-state index contributed by atoms with van der Waals surface area (Å²) in [7, 11) is 0. The SMILES string of the molecule is CCOCCN(CCOCC)CC(C)N. The number of hydrogen-bond acceptors (Lipinski definition) is 4. The van der Waals surface area contributed by atoms with Crippen LogP contribution in [0.1, 0.15) is 20.8 Å². The molecule has 1 atom stereocenters. The fourth-order valence-electron chi connectivity index (χ4n) is 1.38. The zero-order chi connectivity index (χ0) is 11.5. The third-order valence-corrected chi connectivity index (χ3v) is 2.06. The first-order chi connectivity index (χ1) is 7.20. The van der Waals surface area contributed by atoms with Crippen LogP contribution in [0.2, 0.25) is 0 Å². The highest BCUT2D eigenvalue weighted by Gasteiger charge is 2.06. The first-order valence-corrected chi connectivity index (χ1v) is 5.84. The molecule has 15 heavy (non-hydrogen) atoms. The molecule has 0 heterocycles. The van der Waals surface area contributed by atoms with Crippen LogP contribution in [0.3, 0.4) is 0 Å². The van der Waals surface area contributed by atoms with Crippen LogP contribution >= 0.6 is 0 Å².